The Kier molecular flexibility index (Phi) is 4.79. The molecule has 2 rings (SSSR count). The second-order valence-corrected chi connectivity index (χ2v) is 6.04. The maximum absolute atomic E-state index is 5.61. The number of hydrogen-bond acceptors (Lipinski definition) is 6. The highest BCUT2D eigenvalue weighted by molar-refractivity contribution is 7.99. The predicted octanol–water partition coefficient (Wildman–Crippen LogP) is 3.62. The minimum absolute atomic E-state index is 0.262. The fraction of sp³-hybridized carbons (Fsp3) is 0.500. The van der Waals surface area contributed by atoms with Crippen LogP contribution in [0.3, 0.4) is 0 Å². The highest BCUT2D eigenvalue weighted by Gasteiger charge is 2.12. The Morgan fingerprint density at radius 3 is 2.94 bits per heavy atom. The van der Waals surface area contributed by atoms with Gasteiger partial charge in [0.1, 0.15) is 0 Å². The lowest BCUT2D eigenvalue weighted by Crippen LogP contribution is -2.05. The standard InChI is InChI=1S/C12H16N2O2S2/c1-8(2)15-5-7-18-12-14-13-11(16-12)10-9(3)4-6-17-10/h4,6,8H,5,7H2,1-3H3. The highest BCUT2D eigenvalue weighted by atomic mass is 32.2. The molecular weight excluding hydrogens is 268 g/mol. The summed E-state index contributed by atoms with van der Waals surface area (Å²) in [5, 5.41) is 10.7. The number of aromatic nitrogens is 2. The number of rotatable bonds is 6. The van der Waals surface area contributed by atoms with Crippen molar-refractivity contribution >= 4 is 23.1 Å². The Labute approximate surface area is 115 Å². The summed E-state index contributed by atoms with van der Waals surface area (Å²) in [6.45, 7) is 6.78. The van der Waals surface area contributed by atoms with Crippen molar-refractivity contribution in [2.24, 2.45) is 0 Å². The Balaban J connectivity index is 1.89. The topological polar surface area (TPSA) is 48.2 Å². The van der Waals surface area contributed by atoms with Crippen LogP contribution in [0.5, 0.6) is 0 Å². The van der Waals surface area contributed by atoms with Gasteiger partial charge in [0, 0.05) is 5.75 Å². The molecule has 0 fully saturated rings. The van der Waals surface area contributed by atoms with Crippen molar-refractivity contribution in [3.63, 3.8) is 0 Å². The molecule has 2 heterocycles. The van der Waals surface area contributed by atoms with Gasteiger partial charge in [-0.3, -0.25) is 0 Å². The lowest BCUT2D eigenvalue weighted by molar-refractivity contribution is 0.0919. The molecule has 0 unspecified atom stereocenters. The fourth-order valence-corrected chi connectivity index (χ4v) is 2.80. The lowest BCUT2D eigenvalue weighted by Gasteiger charge is -2.04. The summed E-state index contributed by atoms with van der Waals surface area (Å²) in [6.07, 6.45) is 0.262. The normalized spacial score (nSPS) is 11.3. The van der Waals surface area contributed by atoms with Gasteiger partial charge < -0.3 is 9.15 Å². The van der Waals surface area contributed by atoms with Crippen molar-refractivity contribution in [3.8, 4) is 10.8 Å². The Morgan fingerprint density at radius 1 is 1.44 bits per heavy atom. The molecule has 0 saturated heterocycles. The van der Waals surface area contributed by atoms with E-state index in [0.717, 1.165) is 10.6 Å². The predicted molar refractivity (Wildman–Crippen MR) is 74.2 cm³/mol. The molecule has 6 heteroatoms. The summed E-state index contributed by atoms with van der Waals surface area (Å²) >= 11 is 3.14. The van der Waals surface area contributed by atoms with E-state index in [1.165, 1.54) is 17.3 Å². The van der Waals surface area contributed by atoms with E-state index in [4.69, 9.17) is 9.15 Å². The van der Waals surface area contributed by atoms with Crippen molar-refractivity contribution in [2.75, 3.05) is 12.4 Å². The smallest absolute Gasteiger partial charge is 0.276 e. The molecule has 0 aliphatic rings. The van der Waals surface area contributed by atoms with E-state index >= 15 is 0 Å². The largest absolute Gasteiger partial charge is 0.410 e. The number of ether oxygens (including phenoxy) is 1. The number of thiophene rings is 1. The van der Waals surface area contributed by atoms with Gasteiger partial charge in [-0.05, 0) is 37.8 Å². The summed E-state index contributed by atoms with van der Waals surface area (Å²) in [7, 11) is 0. The van der Waals surface area contributed by atoms with Crippen molar-refractivity contribution in [1.29, 1.82) is 0 Å². The molecule has 0 bridgehead atoms. The van der Waals surface area contributed by atoms with Crippen molar-refractivity contribution < 1.29 is 9.15 Å². The first-order valence-electron chi connectivity index (χ1n) is 5.79. The fourth-order valence-electron chi connectivity index (χ4n) is 1.36. The first-order valence-corrected chi connectivity index (χ1v) is 7.65. The molecule has 0 amide bonds. The van der Waals surface area contributed by atoms with Gasteiger partial charge in [0.15, 0.2) is 0 Å². The summed E-state index contributed by atoms with van der Waals surface area (Å²) in [4.78, 5) is 1.05. The second-order valence-electron chi connectivity index (χ2n) is 4.07. The highest BCUT2D eigenvalue weighted by Crippen LogP contribution is 2.29. The van der Waals surface area contributed by atoms with Crippen molar-refractivity contribution in [2.45, 2.75) is 32.1 Å². The van der Waals surface area contributed by atoms with Crippen LogP contribution in [0.15, 0.2) is 21.1 Å². The number of thioether (sulfide) groups is 1. The molecule has 0 aromatic carbocycles. The molecule has 0 atom stereocenters. The zero-order valence-corrected chi connectivity index (χ0v) is 12.3. The minimum atomic E-state index is 0.262. The first-order chi connectivity index (χ1) is 8.66. The zero-order chi connectivity index (χ0) is 13.0. The van der Waals surface area contributed by atoms with Gasteiger partial charge >= 0.3 is 0 Å². The van der Waals surface area contributed by atoms with Gasteiger partial charge in [-0.2, -0.15) is 0 Å². The van der Waals surface area contributed by atoms with Crippen LogP contribution in [-0.4, -0.2) is 28.7 Å². The maximum Gasteiger partial charge on any atom is 0.276 e. The van der Waals surface area contributed by atoms with E-state index in [9.17, 15) is 0 Å². The molecule has 0 N–H and O–H groups in total. The zero-order valence-electron chi connectivity index (χ0n) is 10.7. The van der Waals surface area contributed by atoms with Crippen LogP contribution < -0.4 is 0 Å². The van der Waals surface area contributed by atoms with Crippen LogP contribution in [-0.2, 0) is 4.74 Å². The van der Waals surface area contributed by atoms with Gasteiger partial charge in [0.25, 0.3) is 11.1 Å². The minimum Gasteiger partial charge on any atom is -0.410 e. The van der Waals surface area contributed by atoms with E-state index in [1.54, 1.807) is 11.3 Å². The molecule has 0 aliphatic heterocycles. The summed E-state index contributed by atoms with van der Waals surface area (Å²) in [5.41, 5.74) is 1.17. The monoisotopic (exact) mass is 284 g/mol. The molecule has 4 nitrogen and oxygen atoms in total. The Morgan fingerprint density at radius 2 is 2.28 bits per heavy atom. The third-order valence-corrected chi connectivity index (χ3v) is 4.01. The van der Waals surface area contributed by atoms with Crippen LogP contribution in [0.2, 0.25) is 0 Å². The number of aryl methyl sites for hydroxylation is 1. The lowest BCUT2D eigenvalue weighted by atomic mass is 10.3. The average molecular weight is 284 g/mol. The number of hydrogen-bond donors (Lipinski definition) is 0. The van der Waals surface area contributed by atoms with Crippen molar-refractivity contribution in [1.82, 2.24) is 10.2 Å². The van der Waals surface area contributed by atoms with E-state index in [-0.39, 0.29) is 6.10 Å². The van der Waals surface area contributed by atoms with Gasteiger partial charge in [0.2, 0.25) is 0 Å². The molecule has 2 aromatic heterocycles. The number of nitrogens with zero attached hydrogens (tertiary/aromatic N) is 2. The average Bonchev–Trinajstić information content (AvgIpc) is 2.92. The third kappa shape index (κ3) is 3.57. The molecule has 0 radical (unpaired) electrons. The third-order valence-electron chi connectivity index (χ3n) is 2.22. The van der Waals surface area contributed by atoms with Gasteiger partial charge in [-0.15, -0.1) is 21.5 Å². The van der Waals surface area contributed by atoms with E-state index in [2.05, 4.69) is 10.2 Å². The van der Waals surface area contributed by atoms with Crippen LogP contribution >= 0.6 is 23.1 Å². The Hall–Kier alpha value is -0.850. The first kappa shape index (κ1) is 13.6. The quantitative estimate of drug-likeness (QED) is 0.599. The van der Waals surface area contributed by atoms with Crippen LogP contribution in [0.25, 0.3) is 10.8 Å². The second kappa shape index (κ2) is 6.36. The van der Waals surface area contributed by atoms with Gasteiger partial charge in [-0.25, -0.2) is 0 Å². The summed E-state index contributed by atoms with van der Waals surface area (Å²) < 4.78 is 11.1. The van der Waals surface area contributed by atoms with E-state index < -0.39 is 0 Å². The molecule has 0 spiro atoms. The van der Waals surface area contributed by atoms with Crippen LogP contribution in [0, 0.1) is 6.92 Å². The maximum atomic E-state index is 5.61. The van der Waals surface area contributed by atoms with Gasteiger partial charge in [0.05, 0.1) is 17.6 Å². The summed E-state index contributed by atoms with van der Waals surface area (Å²) in [5.74, 6) is 1.43. The molecule has 0 aliphatic carbocycles. The van der Waals surface area contributed by atoms with Gasteiger partial charge in [-0.1, -0.05) is 11.8 Å². The summed E-state index contributed by atoms with van der Waals surface area (Å²) in [6, 6.07) is 2.05. The SMILES string of the molecule is Cc1ccsc1-c1nnc(SCCOC(C)C)o1. The van der Waals surface area contributed by atoms with E-state index in [0.29, 0.717) is 17.7 Å². The van der Waals surface area contributed by atoms with Crippen LogP contribution in [0.1, 0.15) is 19.4 Å². The molecule has 2 aromatic rings. The molecule has 18 heavy (non-hydrogen) atoms. The molecular formula is C12H16N2O2S2. The molecule has 98 valence electrons. The van der Waals surface area contributed by atoms with E-state index in [1.807, 2.05) is 32.2 Å². The molecule has 0 saturated carbocycles. The van der Waals surface area contributed by atoms with Crippen molar-refractivity contribution in [3.05, 3.63) is 17.0 Å². The Bertz CT molecular complexity index is 494. The van der Waals surface area contributed by atoms with Crippen LogP contribution in [0.4, 0.5) is 0 Å².